The third kappa shape index (κ3) is 10.7. The molecule has 0 nitrogen and oxygen atoms in total. The van der Waals surface area contributed by atoms with Crippen LogP contribution in [-0.4, -0.2) is 17.5 Å². The van der Waals surface area contributed by atoms with Gasteiger partial charge in [0.15, 0.2) is 0 Å². The van der Waals surface area contributed by atoms with E-state index in [2.05, 4.69) is 6.92 Å². The molecule has 2 saturated heterocycles. The Morgan fingerprint density at radius 2 is 0.815 bits per heavy atom. The first-order valence-electron chi connectivity index (χ1n) is 13.2. The zero-order chi connectivity index (χ0) is 19.0. The molecule has 0 atom stereocenters. The average molecular weight is 395 g/mol. The summed E-state index contributed by atoms with van der Waals surface area (Å²) in [5.74, 6) is 0. The Kier molecular flexibility index (Phi) is 14.3. The maximum Gasteiger partial charge on any atom is -0.0207 e. The van der Waals surface area contributed by atoms with Gasteiger partial charge >= 0.3 is 0 Å². The van der Waals surface area contributed by atoms with E-state index in [1.165, 1.54) is 108 Å². The molecular weight excluding hydrogens is 343 g/mol. The lowest BCUT2D eigenvalue weighted by molar-refractivity contribution is 0.473. The van der Waals surface area contributed by atoms with Crippen LogP contribution in [0.25, 0.3) is 0 Å². The Labute approximate surface area is 173 Å². The monoisotopic (exact) mass is 394 g/mol. The highest BCUT2D eigenvalue weighted by Gasteiger charge is 2.34. The van der Waals surface area contributed by atoms with Crippen molar-refractivity contribution in [2.24, 2.45) is 0 Å². The first-order chi connectivity index (χ1) is 13.4. The summed E-state index contributed by atoms with van der Waals surface area (Å²) >= 11 is 0. The van der Waals surface area contributed by atoms with Gasteiger partial charge < -0.3 is 0 Å². The van der Waals surface area contributed by atoms with E-state index in [-0.39, 0.29) is 0 Å². The molecule has 2 bridgehead atoms. The molecule has 160 valence electrons. The van der Waals surface area contributed by atoms with Crippen molar-refractivity contribution >= 4 is 7.92 Å². The molecule has 0 N–H and O–H groups in total. The fourth-order valence-electron chi connectivity index (χ4n) is 5.64. The number of rotatable bonds is 17. The van der Waals surface area contributed by atoms with E-state index in [1.54, 1.807) is 51.1 Å². The molecule has 0 aromatic carbocycles. The fraction of sp³-hybridized carbons (Fsp3) is 1.00. The summed E-state index contributed by atoms with van der Waals surface area (Å²) in [6.45, 7) is 2.31. The first kappa shape index (κ1) is 23.7. The van der Waals surface area contributed by atoms with Crippen LogP contribution in [0.3, 0.4) is 0 Å². The highest BCUT2D eigenvalue weighted by atomic mass is 31.1. The van der Waals surface area contributed by atoms with Gasteiger partial charge in [-0.1, -0.05) is 116 Å². The van der Waals surface area contributed by atoms with E-state index in [1.807, 2.05) is 0 Å². The van der Waals surface area contributed by atoms with E-state index in [0.717, 1.165) is 0 Å². The second kappa shape index (κ2) is 16.3. The van der Waals surface area contributed by atoms with E-state index in [9.17, 15) is 0 Å². The van der Waals surface area contributed by atoms with Crippen LogP contribution < -0.4 is 0 Å². The second-order valence-electron chi connectivity index (χ2n) is 9.71. The summed E-state index contributed by atoms with van der Waals surface area (Å²) < 4.78 is 0. The standard InChI is InChI=1S/C26H51P/c1-2-3-4-5-6-7-8-9-10-11-12-13-14-15-16-17-24-27-25-20-18-21-26(27)23-19-22-25/h25-26H,2-24H2,1H3. The van der Waals surface area contributed by atoms with Gasteiger partial charge in [0.1, 0.15) is 0 Å². The molecular formula is C26H51P. The molecule has 0 amide bonds. The van der Waals surface area contributed by atoms with Gasteiger partial charge in [-0.15, -0.1) is 7.92 Å². The van der Waals surface area contributed by atoms with Crippen LogP contribution in [0.2, 0.25) is 0 Å². The molecule has 2 fully saturated rings. The molecule has 0 spiro atoms. The fourth-order valence-corrected chi connectivity index (χ4v) is 9.61. The van der Waals surface area contributed by atoms with Crippen LogP contribution in [0, 0.1) is 0 Å². The van der Waals surface area contributed by atoms with Crippen LogP contribution in [0.4, 0.5) is 0 Å². The number of hydrogen-bond donors (Lipinski definition) is 0. The van der Waals surface area contributed by atoms with Crippen molar-refractivity contribution in [3.8, 4) is 0 Å². The van der Waals surface area contributed by atoms with Gasteiger partial charge in [0.2, 0.25) is 0 Å². The predicted octanol–water partition coefficient (Wildman–Crippen LogP) is 9.83. The molecule has 0 aromatic heterocycles. The maximum atomic E-state index is 2.31. The van der Waals surface area contributed by atoms with Gasteiger partial charge in [-0.3, -0.25) is 0 Å². The Morgan fingerprint density at radius 3 is 1.19 bits per heavy atom. The van der Waals surface area contributed by atoms with Gasteiger partial charge in [0.05, 0.1) is 0 Å². The molecule has 0 aromatic rings. The molecule has 27 heavy (non-hydrogen) atoms. The van der Waals surface area contributed by atoms with Gasteiger partial charge in [0.25, 0.3) is 0 Å². The zero-order valence-corrected chi connectivity index (χ0v) is 19.8. The van der Waals surface area contributed by atoms with E-state index >= 15 is 0 Å². The van der Waals surface area contributed by atoms with Crippen LogP contribution in [0.5, 0.6) is 0 Å². The summed E-state index contributed by atoms with van der Waals surface area (Å²) in [6.07, 6.45) is 35.1. The summed E-state index contributed by atoms with van der Waals surface area (Å²) in [7, 11) is 0.448. The minimum atomic E-state index is 0.448. The summed E-state index contributed by atoms with van der Waals surface area (Å²) in [4.78, 5) is 0. The van der Waals surface area contributed by atoms with E-state index in [0.29, 0.717) is 7.92 Å². The Bertz CT molecular complexity index is 304. The molecule has 0 saturated carbocycles. The molecule has 1 heteroatoms. The Balaban J connectivity index is 1.29. The summed E-state index contributed by atoms with van der Waals surface area (Å²) in [5, 5.41) is 0. The van der Waals surface area contributed by atoms with Crippen LogP contribution in [0.15, 0.2) is 0 Å². The summed E-state index contributed by atoms with van der Waals surface area (Å²) in [6, 6.07) is 0. The van der Waals surface area contributed by atoms with Gasteiger partial charge in [-0.25, -0.2) is 0 Å². The second-order valence-corrected chi connectivity index (χ2v) is 12.6. The van der Waals surface area contributed by atoms with Gasteiger partial charge in [-0.05, 0) is 49.6 Å². The molecule has 2 heterocycles. The lowest BCUT2D eigenvalue weighted by Gasteiger charge is -2.43. The molecule has 2 rings (SSSR count). The molecule has 0 radical (unpaired) electrons. The van der Waals surface area contributed by atoms with Crippen molar-refractivity contribution < 1.29 is 0 Å². The van der Waals surface area contributed by atoms with Crippen LogP contribution in [0.1, 0.15) is 148 Å². The van der Waals surface area contributed by atoms with Crippen molar-refractivity contribution in [1.82, 2.24) is 0 Å². The molecule has 0 unspecified atom stereocenters. The van der Waals surface area contributed by atoms with Crippen molar-refractivity contribution in [3.63, 3.8) is 0 Å². The van der Waals surface area contributed by atoms with E-state index < -0.39 is 0 Å². The maximum absolute atomic E-state index is 2.31. The Morgan fingerprint density at radius 1 is 0.481 bits per heavy atom. The highest BCUT2D eigenvalue weighted by molar-refractivity contribution is 7.59. The van der Waals surface area contributed by atoms with Crippen molar-refractivity contribution in [3.05, 3.63) is 0 Å². The van der Waals surface area contributed by atoms with Crippen molar-refractivity contribution in [2.45, 2.75) is 159 Å². The first-order valence-corrected chi connectivity index (χ1v) is 14.8. The van der Waals surface area contributed by atoms with Gasteiger partial charge in [0, 0.05) is 0 Å². The van der Waals surface area contributed by atoms with Crippen molar-refractivity contribution in [2.75, 3.05) is 6.16 Å². The third-order valence-corrected chi connectivity index (χ3v) is 11.1. The lowest BCUT2D eigenvalue weighted by Crippen LogP contribution is -2.27. The minimum absolute atomic E-state index is 0.448. The number of unbranched alkanes of at least 4 members (excludes halogenated alkanes) is 15. The summed E-state index contributed by atoms with van der Waals surface area (Å²) in [5.41, 5.74) is 2.40. The lowest BCUT2D eigenvalue weighted by atomic mass is 9.99. The van der Waals surface area contributed by atoms with E-state index in [4.69, 9.17) is 0 Å². The van der Waals surface area contributed by atoms with Crippen LogP contribution >= 0.6 is 7.92 Å². The normalized spacial score (nSPS) is 25.0. The zero-order valence-electron chi connectivity index (χ0n) is 18.9. The number of fused-ring (bicyclic) bond motifs is 2. The van der Waals surface area contributed by atoms with Crippen molar-refractivity contribution in [1.29, 1.82) is 0 Å². The number of hydrogen-bond acceptors (Lipinski definition) is 0. The quantitative estimate of drug-likeness (QED) is 0.170. The highest BCUT2D eigenvalue weighted by Crippen LogP contribution is 2.59. The van der Waals surface area contributed by atoms with Crippen LogP contribution in [-0.2, 0) is 0 Å². The molecule has 2 aliphatic rings. The topological polar surface area (TPSA) is 0 Å². The predicted molar refractivity (Wildman–Crippen MR) is 127 cm³/mol. The van der Waals surface area contributed by atoms with Gasteiger partial charge in [-0.2, -0.15) is 0 Å². The largest absolute Gasteiger partial charge is 0.100 e. The Hall–Kier alpha value is 0.430. The molecule has 2 aliphatic heterocycles. The smallest absolute Gasteiger partial charge is 0.0207 e. The SMILES string of the molecule is CCCCCCCCCCCCCCCCCCP1C2CCCC1CCC2. The average Bonchev–Trinajstić information content (AvgIpc) is 2.67. The third-order valence-electron chi connectivity index (χ3n) is 7.36. The minimum Gasteiger partial charge on any atom is -0.100 e. The molecule has 0 aliphatic carbocycles.